The minimum Gasteiger partial charge on any atom is -0.363 e. The van der Waals surface area contributed by atoms with Gasteiger partial charge in [0.15, 0.2) is 0 Å². The van der Waals surface area contributed by atoms with Crippen molar-refractivity contribution in [2.75, 3.05) is 33.2 Å². The number of piperazine rings is 1. The second-order valence-corrected chi connectivity index (χ2v) is 19.3. The van der Waals surface area contributed by atoms with Gasteiger partial charge in [0, 0.05) is 37.1 Å². The Morgan fingerprint density at radius 2 is 1.48 bits per heavy atom. The molecule has 292 valence electrons. The van der Waals surface area contributed by atoms with E-state index in [-0.39, 0.29) is 45.4 Å². The smallest absolute Gasteiger partial charge is 0.316 e. The first-order chi connectivity index (χ1) is 24.0. The SMILES string of the molecule is CC(C)[C@H](NC(=O)N[C@H](C(=O)N1C[C@]2(C[C@H]1C(=O)NC(CC1CCC1)C(=O)C(N)=O)C(C)(C)C21CCC1)C(C)(C)C)C(=O)N1CCN(C)C(C)(C)C1. The fourth-order valence-corrected chi connectivity index (χ4v) is 10.1. The van der Waals surface area contributed by atoms with Crippen molar-refractivity contribution in [1.29, 1.82) is 0 Å². The Hall–Kier alpha value is -3.22. The summed E-state index contributed by atoms with van der Waals surface area (Å²) in [6, 6.07) is -4.40. The van der Waals surface area contributed by atoms with Crippen LogP contribution in [-0.4, -0.2) is 113 Å². The molecule has 0 aromatic carbocycles. The molecule has 1 unspecified atom stereocenters. The minimum absolute atomic E-state index is 0.0205. The van der Waals surface area contributed by atoms with Gasteiger partial charge in [-0.25, -0.2) is 4.79 Å². The molecule has 5 aliphatic rings. The quantitative estimate of drug-likeness (QED) is 0.237. The van der Waals surface area contributed by atoms with Gasteiger partial charge < -0.3 is 31.5 Å². The molecule has 3 saturated carbocycles. The molecule has 0 aromatic rings. The van der Waals surface area contributed by atoms with Crippen molar-refractivity contribution in [3.8, 4) is 0 Å². The maximum absolute atomic E-state index is 14.8. The summed E-state index contributed by atoms with van der Waals surface area (Å²) in [5.74, 6) is -2.92. The van der Waals surface area contributed by atoms with Crippen LogP contribution in [0.3, 0.4) is 0 Å². The molecule has 52 heavy (non-hydrogen) atoms. The van der Waals surface area contributed by atoms with E-state index >= 15 is 0 Å². The highest BCUT2D eigenvalue weighted by Gasteiger charge is 2.85. The number of primary amides is 1. The summed E-state index contributed by atoms with van der Waals surface area (Å²) in [6.07, 6.45) is 6.80. The van der Waals surface area contributed by atoms with Gasteiger partial charge in [0.1, 0.15) is 18.1 Å². The van der Waals surface area contributed by atoms with Crippen LogP contribution in [0.15, 0.2) is 0 Å². The van der Waals surface area contributed by atoms with Crippen LogP contribution < -0.4 is 21.7 Å². The van der Waals surface area contributed by atoms with Crippen molar-refractivity contribution in [2.24, 2.45) is 39.2 Å². The molecular formula is C39H65N7O6. The zero-order chi connectivity index (χ0) is 38.8. The molecule has 5 rings (SSSR count). The predicted octanol–water partition coefficient (Wildman–Crippen LogP) is 2.80. The van der Waals surface area contributed by atoms with Crippen LogP contribution in [0.5, 0.6) is 0 Å². The van der Waals surface area contributed by atoms with E-state index in [1.165, 1.54) is 0 Å². The third-order valence-electron chi connectivity index (χ3n) is 14.3. The van der Waals surface area contributed by atoms with Crippen molar-refractivity contribution in [2.45, 2.75) is 143 Å². The highest BCUT2D eigenvalue weighted by Crippen LogP contribution is 2.88. The average molecular weight is 728 g/mol. The van der Waals surface area contributed by atoms with Gasteiger partial charge in [-0.2, -0.15) is 0 Å². The molecule has 2 aliphatic heterocycles. The average Bonchev–Trinajstić information content (AvgIpc) is 3.21. The van der Waals surface area contributed by atoms with E-state index in [1.807, 2.05) is 41.7 Å². The van der Waals surface area contributed by atoms with Gasteiger partial charge in [-0.3, -0.25) is 28.9 Å². The first-order valence-corrected chi connectivity index (χ1v) is 19.5. The van der Waals surface area contributed by atoms with Crippen LogP contribution in [0.1, 0.15) is 114 Å². The number of hydrogen-bond acceptors (Lipinski definition) is 7. The fourth-order valence-electron chi connectivity index (χ4n) is 10.1. The van der Waals surface area contributed by atoms with Crippen molar-refractivity contribution in [3.05, 3.63) is 0 Å². The Kier molecular flexibility index (Phi) is 10.7. The molecule has 2 heterocycles. The maximum Gasteiger partial charge on any atom is 0.316 e. The number of likely N-dealkylation sites (N-methyl/N-ethyl adjacent to an activating group) is 1. The normalized spacial score (nSPS) is 28.0. The maximum atomic E-state index is 14.8. The molecule has 13 heteroatoms. The minimum atomic E-state index is -1.09. The van der Waals surface area contributed by atoms with Gasteiger partial charge in [0.25, 0.3) is 5.91 Å². The summed E-state index contributed by atoms with van der Waals surface area (Å²) < 4.78 is 0. The topological polar surface area (TPSA) is 174 Å². The van der Waals surface area contributed by atoms with Gasteiger partial charge >= 0.3 is 6.03 Å². The number of fused-ring (bicyclic) bond motifs is 1. The molecule has 0 aromatic heterocycles. The van der Waals surface area contributed by atoms with Crippen LogP contribution in [0.4, 0.5) is 4.79 Å². The monoisotopic (exact) mass is 727 g/mol. The highest BCUT2D eigenvalue weighted by atomic mass is 16.2. The third-order valence-corrected chi connectivity index (χ3v) is 14.3. The van der Waals surface area contributed by atoms with E-state index in [2.05, 4.69) is 48.5 Å². The summed E-state index contributed by atoms with van der Waals surface area (Å²) in [4.78, 5) is 87.3. The van der Waals surface area contributed by atoms with E-state index < -0.39 is 53.2 Å². The number of hydrogen-bond donors (Lipinski definition) is 4. The van der Waals surface area contributed by atoms with Crippen molar-refractivity contribution in [3.63, 3.8) is 0 Å². The van der Waals surface area contributed by atoms with Crippen LogP contribution in [-0.2, 0) is 24.0 Å². The van der Waals surface area contributed by atoms with Crippen molar-refractivity contribution < 1.29 is 28.8 Å². The van der Waals surface area contributed by atoms with Gasteiger partial charge in [0.05, 0.1) is 6.04 Å². The summed E-state index contributed by atoms with van der Waals surface area (Å²) in [7, 11) is 2.04. The van der Waals surface area contributed by atoms with Gasteiger partial charge in [-0.1, -0.05) is 74.1 Å². The number of nitrogens with two attached hydrogens (primary N) is 1. The number of rotatable bonds is 11. The molecule has 6 amide bonds. The highest BCUT2D eigenvalue weighted by molar-refractivity contribution is 6.37. The number of nitrogens with zero attached hydrogens (tertiary/aromatic N) is 3. The van der Waals surface area contributed by atoms with Crippen LogP contribution in [0.2, 0.25) is 0 Å². The standard InChI is InChI=1S/C39H65N7O6/c1-23(2)27(32(50)45-18-17-44(10)36(6,7)21-45)42-34(52)43-29(35(3,4)5)33(51)46-22-39(37(8,9)38(39)15-12-16-38)20-26(46)31(49)41-25(28(47)30(40)48)19-24-13-11-14-24/h23-27,29H,11-22H2,1-10H3,(H2,40,48)(H,41,49)(H2,42,43,52)/t25?,26-,27-,29+,39+/m0/s1. The Morgan fingerprint density at radius 3 is 1.94 bits per heavy atom. The predicted molar refractivity (Wildman–Crippen MR) is 198 cm³/mol. The molecule has 0 bridgehead atoms. The molecule has 13 nitrogen and oxygen atoms in total. The summed E-state index contributed by atoms with van der Waals surface area (Å²) in [5, 5.41) is 8.69. The van der Waals surface area contributed by atoms with Crippen LogP contribution >= 0.6 is 0 Å². The molecular weight excluding hydrogens is 662 g/mol. The molecule has 5 fully saturated rings. The summed E-state index contributed by atoms with van der Waals surface area (Å²) >= 11 is 0. The lowest BCUT2D eigenvalue weighted by molar-refractivity contribution is -0.143. The Balaban J connectivity index is 1.38. The number of likely N-dealkylation sites (tertiary alicyclic amines) is 1. The lowest BCUT2D eigenvalue weighted by Gasteiger charge is -2.46. The number of amides is 6. The second kappa shape index (κ2) is 13.9. The molecule has 2 spiro atoms. The largest absolute Gasteiger partial charge is 0.363 e. The zero-order valence-corrected chi connectivity index (χ0v) is 33.3. The van der Waals surface area contributed by atoms with E-state index in [0.717, 1.165) is 45.1 Å². The van der Waals surface area contributed by atoms with Crippen LogP contribution in [0.25, 0.3) is 0 Å². The third kappa shape index (κ3) is 6.83. The van der Waals surface area contributed by atoms with E-state index in [0.29, 0.717) is 32.5 Å². The van der Waals surface area contributed by atoms with E-state index in [1.54, 1.807) is 9.80 Å². The molecule has 3 aliphatic carbocycles. The Bertz CT molecular complexity index is 1460. The van der Waals surface area contributed by atoms with E-state index in [9.17, 15) is 28.8 Å². The van der Waals surface area contributed by atoms with Gasteiger partial charge in [-0.15, -0.1) is 0 Å². The molecule has 5 N–H and O–H groups in total. The molecule has 0 radical (unpaired) electrons. The number of urea groups is 1. The number of carbonyl (C=O) groups is 6. The van der Waals surface area contributed by atoms with E-state index in [4.69, 9.17) is 5.73 Å². The van der Waals surface area contributed by atoms with Crippen molar-refractivity contribution >= 4 is 35.4 Å². The number of Topliss-reactive ketones (excluding diaryl/α,β-unsaturated/α-hetero) is 1. The first-order valence-electron chi connectivity index (χ1n) is 19.5. The number of carbonyl (C=O) groups excluding carboxylic acids is 6. The van der Waals surface area contributed by atoms with Gasteiger partial charge in [-0.05, 0) is 74.7 Å². The van der Waals surface area contributed by atoms with Gasteiger partial charge in [0.2, 0.25) is 23.5 Å². The Labute approximate surface area is 310 Å². The second-order valence-electron chi connectivity index (χ2n) is 19.3. The molecule has 2 saturated heterocycles. The number of nitrogens with one attached hydrogen (secondary N) is 3. The zero-order valence-electron chi connectivity index (χ0n) is 33.3. The fraction of sp³-hybridized carbons (Fsp3) is 0.846. The first kappa shape index (κ1) is 40.0. The summed E-state index contributed by atoms with van der Waals surface area (Å²) in [6.45, 7) is 20.2. The lowest BCUT2D eigenvalue weighted by atomic mass is 9.73. The lowest BCUT2D eigenvalue weighted by Crippen LogP contribution is -2.64. The van der Waals surface area contributed by atoms with Crippen molar-refractivity contribution in [1.82, 2.24) is 30.7 Å². The number of ketones is 1. The molecule has 5 atom stereocenters. The Morgan fingerprint density at radius 1 is 0.846 bits per heavy atom. The van der Waals surface area contributed by atoms with Crippen LogP contribution in [0, 0.1) is 33.5 Å². The summed E-state index contributed by atoms with van der Waals surface area (Å²) in [5.41, 5.74) is 4.07.